The first-order valence-corrected chi connectivity index (χ1v) is 11.9. The molecule has 3 aromatic rings. The van der Waals surface area contributed by atoms with Gasteiger partial charge < -0.3 is 14.4 Å². The molecule has 3 heterocycles. The molecule has 0 unspecified atom stereocenters. The third kappa shape index (κ3) is 2.11. The number of likely N-dealkylation sites (tertiary alicyclic amines) is 1. The molecule has 7 rings (SSSR count). The average Bonchev–Trinajstić information content (AvgIpc) is 3.37. The fourth-order valence-corrected chi connectivity index (χ4v) is 7.33. The maximum atomic E-state index is 6.98. The first kappa shape index (κ1) is 18.8. The first-order valence-electron chi connectivity index (χ1n) is 11.9. The number of likely N-dealkylation sites (N-methyl/N-ethyl adjacent to an activating group) is 1. The van der Waals surface area contributed by atoms with E-state index in [9.17, 15) is 0 Å². The third-order valence-corrected chi connectivity index (χ3v) is 8.71. The molecule has 0 amide bonds. The zero-order valence-corrected chi connectivity index (χ0v) is 19.0. The van der Waals surface area contributed by atoms with Gasteiger partial charge in [-0.2, -0.15) is 5.10 Å². The lowest BCUT2D eigenvalue weighted by atomic mass is 9.51. The largest absolute Gasteiger partial charge is 0.493 e. The number of piperidine rings is 1. The van der Waals surface area contributed by atoms with Crippen LogP contribution in [0.1, 0.15) is 47.5 Å². The Morgan fingerprint density at radius 2 is 2.00 bits per heavy atom. The number of hydrogen-bond acceptors (Lipinski definition) is 4. The number of benzene rings is 2. The lowest BCUT2D eigenvalue weighted by molar-refractivity contribution is -0.0265. The van der Waals surface area contributed by atoms with E-state index in [4.69, 9.17) is 14.6 Å². The van der Waals surface area contributed by atoms with Crippen molar-refractivity contribution < 1.29 is 9.47 Å². The molecular weight excluding hydrogens is 398 g/mol. The Labute approximate surface area is 188 Å². The summed E-state index contributed by atoms with van der Waals surface area (Å²) in [4.78, 5) is 2.59. The third-order valence-electron chi connectivity index (χ3n) is 8.71. The molecule has 0 radical (unpaired) electrons. The van der Waals surface area contributed by atoms with Crippen molar-refractivity contribution in [1.29, 1.82) is 0 Å². The Morgan fingerprint density at radius 3 is 2.78 bits per heavy atom. The molecule has 0 N–H and O–H groups in total. The molecular formula is C27H29N3O2. The van der Waals surface area contributed by atoms with Gasteiger partial charge in [-0.05, 0) is 69.0 Å². The highest BCUT2D eigenvalue weighted by Gasteiger charge is 2.65. The van der Waals surface area contributed by atoms with Crippen LogP contribution in [0.2, 0.25) is 0 Å². The predicted molar refractivity (Wildman–Crippen MR) is 123 cm³/mol. The lowest BCUT2D eigenvalue weighted by Crippen LogP contribution is -2.62. The quantitative estimate of drug-likeness (QED) is 0.627. The van der Waals surface area contributed by atoms with Crippen LogP contribution in [-0.4, -0.2) is 41.4 Å². The van der Waals surface area contributed by atoms with E-state index in [1.807, 2.05) is 0 Å². The van der Waals surface area contributed by atoms with Crippen molar-refractivity contribution in [2.24, 2.45) is 5.92 Å². The molecule has 5 heteroatoms. The Balaban J connectivity index is 1.53. The van der Waals surface area contributed by atoms with E-state index in [-0.39, 0.29) is 11.5 Å². The number of nitrogens with zero attached hydrogens (tertiary/aromatic N) is 3. The molecule has 2 bridgehead atoms. The predicted octanol–water partition coefficient (Wildman–Crippen LogP) is 4.25. The van der Waals surface area contributed by atoms with Gasteiger partial charge >= 0.3 is 0 Å². The molecule has 1 saturated heterocycles. The van der Waals surface area contributed by atoms with Gasteiger partial charge in [0.15, 0.2) is 17.6 Å². The van der Waals surface area contributed by atoms with Crippen LogP contribution in [0.5, 0.6) is 11.5 Å². The molecule has 32 heavy (non-hydrogen) atoms. The minimum Gasteiger partial charge on any atom is -0.493 e. The summed E-state index contributed by atoms with van der Waals surface area (Å²) < 4.78 is 15.0. The molecule has 2 aliphatic carbocycles. The van der Waals surface area contributed by atoms with Crippen molar-refractivity contribution in [3.05, 3.63) is 70.5 Å². The van der Waals surface area contributed by atoms with Crippen molar-refractivity contribution in [1.82, 2.24) is 14.7 Å². The molecule has 1 aromatic heterocycles. The van der Waals surface area contributed by atoms with Gasteiger partial charge in [-0.15, -0.1) is 0 Å². The first-order chi connectivity index (χ1) is 15.7. The van der Waals surface area contributed by atoms with E-state index in [1.54, 1.807) is 7.11 Å². The maximum Gasteiger partial charge on any atom is 0.166 e. The van der Waals surface area contributed by atoms with Crippen molar-refractivity contribution in [2.75, 3.05) is 20.7 Å². The molecule has 164 valence electrons. The van der Waals surface area contributed by atoms with Crippen molar-refractivity contribution in [3.8, 4) is 17.2 Å². The van der Waals surface area contributed by atoms with Crippen LogP contribution in [0.4, 0.5) is 0 Å². The molecule has 1 fully saturated rings. The standard InChI is InChI=1S/C27H29N3O2/c1-4-20-18-15-19-21-14-16-10-11-22(31-3)25-23(16)27(19,12-13-29(21)2)26(32-25)24(18)30(28-20)17-8-6-5-7-9-17/h5-11,19,21,26H,4,12-15H2,1-3H3/t19-,21+,26-,27-/m0/s1. The zero-order valence-electron chi connectivity index (χ0n) is 19.0. The molecule has 4 aliphatic rings. The van der Waals surface area contributed by atoms with E-state index in [1.165, 1.54) is 28.1 Å². The summed E-state index contributed by atoms with van der Waals surface area (Å²) in [5.74, 6) is 2.39. The number of fused-ring (bicyclic) bond motifs is 2. The summed E-state index contributed by atoms with van der Waals surface area (Å²) in [7, 11) is 4.06. The Kier molecular flexibility index (Phi) is 3.74. The number of rotatable bonds is 3. The monoisotopic (exact) mass is 427 g/mol. The van der Waals surface area contributed by atoms with Crippen LogP contribution in [-0.2, 0) is 24.7 Å². The molecule has 0 saturated carbocycles. The van der Waals surface area contributed by atoms with Gasteiger partial charge in [-0.3, -0.25) is 0 Å². The number of aryl methyl sites for hydroxylation is 1. The Morgan fingerprint density at radius 1 is 1.16 bits per heavy atom. The van der Waals surface area contributed by atoms with Gasteiger partial charge in [0.2, 0.25) is 0 Å². The SMILES string of the molecule is CCc1nn(-c2ccccc2)c2c1C[C@H]1[C@H]3Cc4ccc(OC)c5c4[C@@]1(CCN3C)[C@H]2O5. The number of aromatic nitrogens is 2. The highest BCUT2D eigenvalue weighted by atomic mass is 16.5. The van der Waals surface area contributed by atoms with Gasteiger partial charge in [0.1, 0.15) is 0 Å². The van der Waals surface area contributed by atoms with Crippen molar-refractivity contribution in [2.45, 2.75) is 50.2 Å². The molecule has 4 atom stereocenters. The van der Waals surface area contributed by atoms with Crippen LogP contribution in [0.3, 0.4) is 0 Å². The van der Waals surface area contributed by atoms with E-state index in [0.29, 0.717) is 12.0 Å². The van der Waals surface area contributed by atoms with Crippen molar-refractivity contribution >= 4 is 0 Å². The second-order valence-corrected chi connectivity index (χ2v) is 9.89. The number of ether oxygens (including phenoxy) is 2. The van der Waals surface area contributed by atoms with E-state index >= 15 is 0 Å². The van der Waals surface area contributed by atoms with Gasteiger partial charge in [0.05, 0.1) is 24.2 Å². The van der Waals surface area contributed by atoms with Crippen LogP contribution >= 0.6 is 0 Å². The van der Waals surface area contributed by atoms with Crippen LogP contribution in [0, 0.1) is 5.92 Å². The van der Waals surface area contributed by atoms with Crippen molar-refractivity contribution in [3.63, 3.8) is 0 Å². The summed E-state index contributed by atoms with van der Waals surface area (Å²) in [5.41, 5.74) is 7.89. The van der Waals surface area contributed by atoms with Gasteiger partial charge in [-0.1, -0.05) is 31.2 Å². The van der Waals surface area contributed by atoms with Crippen LogP contribution in [0.15, 0.2) is 42.5 Å². The Hall–Kier alpha value is -2.79. The maximum absolute atomic E-state index is 6.98. The second-order valence-electron chi connectivity index (χ2n) is 9.89. The van der Waals surface area contributed by atoms with E-state index < -0.39 is 0 Å². The summed E-state index contributed by atoms with van der Waals surface area (Å²) in [6.45, 7) is 3.33. The van der Waals surface area contributed by atoms with Gasteiger partial charge in [-0.25, -0.2) is 4.68 Å². The molecule has 2 aliphatic heterocycles. The fraction of sp³-hybridized carbons (Fsp3) is 0.444. The zero-order chi connectivity index (χ0) is 21.6. The summed E-state index contributed by atoms with van der Waals surface area (Å²) in [5, 5.41) is 5.15. The Bertz CT molecular complexity index is 1230. The van der Waals surface area contributed by atoms with E-state index in [0.717, 1.165) is 49.4 Å². The van der Waals surface area contributed by atoms with Crippen LogP contribution in [0.25, 0.3) is 5.69 Å². The molecule has 2 aromatic carbocycles. The summed E-state index contributed by atoms with van der Waals surface area (Å²) in [6.07, 6.45) is 4.21. The fourth-order valence-electron chi connectivity index (χ4n) is 7.33. The van der Waals surface area contributed by atoms with Gasteiger partial charge in [0, 0.05) is 22.6 Å². The van der Waals surface area contributed by atoms with E-state index in [2.05, 4.69) is 66.0 Å². The summed E-state index contributed by atoms with van der Waals surface area (Å²) in [6, 6.07) is 15.5. The topological polar surface area (TPSA) is 39.5 Å². The highest BCUT2D eigenvalue weighted by molar-refractivity contribution is 5.63. The minimum atomic E-state index is -0.0224. The average molecular weight is 428 g/mol. The van der Waals surface area contributed by atoms with Gasteiger partial charge in [0.25, 0.3) is 0 Å². The molecule has 5 nitrogen and oxygen atoms in total. The van der Waals surface area contributed by atoms with Crippen LogP contribution < -0.4 is 9.47 Å². The summed E-state index contributed by atoms with van der Waals surface area (Å²) >= 11 is 0. The second kappa shape index (κ2) is 6.38. The highest BCUT2D eigenvalue weighted by Crippen LogP contribution is 2.67. The minimum absolute atomic E-state index is 0.000785. The normalized spacial score (nSPS) is 29.3. The lowest BCUT2D eigenvalue weighted by Gasteiger charge is -2.57. The number of methoxy groups -OCH3 is 1. The number of para-hydroxylation sites is 1. The smallest absolute Gasteiger partial charge is 0.166 e. The number of hydrogen-bond donors (Lipinski definition) is 0. The molecule has 1 spiro atoms.